The summed E-state index contributed by atoms with van der Waals surface area (Å²) in [6, 6.07) is 5.02. The van der Waals surface area contributed by atoms with Crippen LogP contribution in [0.25, 0.3) is 0 Å². The number of amides is 1. The summed E-state index contributed by atoms with van der Waals surface area (Å²) >= 11 is 5.99. The molecular weight excluding hydrogens is 503 g/mol. The Kier molecular flexibility index (Phi) is 7.24. The lowest BCUT2D eigenvalue weighted by Crippen LogP contribution is -2.45. The standard InChI is InChI=1S/C25H29ClF3NO6/c26-15-1-2-22-18(7-15)20(31)10-23(35-22)21(32)6-13-4-14-3-12(13)5-19(14)30-24(33)11-34-16-8-17(9-16)36-25(27,28)29/h1-2,7,12-14,16-17,19-20,23,31H,3-6,8-11H2,(H,30,33)/t12-,13-,14-,16?,17?,19+,20-,23-/m1/s1. The van der Waals surface area contributed by atoms with Gasteiger partial charge in [0.05, 0.1) is 18.3 Å². The first-order chi connectivity index (χ1) is 17.0. The molecule has 198 valence electrons. The molecule has 0 unspecified atom stereocenters. The molecule has 6 atom stereocenters. The molecule has 1 amide bonds. The molecule has 1 aliphatic heterocycles. The van der Waals surface area contributed by atoms with Crippen molar-refractivity contribution in [3.63, 3.8) is 0 Å². The number of benzene rings is 1. The Morgan fingerprint density at radius 2 is 1.86 bits per heavy atom. The Morgan fingerprint density at radius 3 is 2.56 bits per heavy atom. The van der Waals surface area contributed by atoms with Crippen LogP contribution in [0.3, 0.4) is 0 Å². The molecule has 0 radical (unpaired) electrons. The first kappa shape index (κ1) is 25.8. The van der Waals surface area contributed by atoms with Gasteiger partial charge in [-0.1, -0.05) is 11.6 Å². The fourth-order valence-corrected chi connectivity index (χ4v) is 6.39. The maximum Gasteiger partial charge on any atom is 0.522 e. The lowest BCUT2D eigenvalue weighted by molar-refractivity contribution is -0.357. The molecule has 5 rings (SSSR count). The quantitative estimate of drug-likeness (QED) is 0.524. The lowest BCUT2D eigenvalue weighted by atomic mass is 9.81. The van der Waals surface area contributed by atoms with Gasteiger partial charge in [-0.2, -0.15) is 0 Å². The Labute approximate surface area is 211 Å². The van der Waals surface area contributed by atoms with Crippen LogP contribution in [0.4, 0.5) is 13.2 Å². The van der Waals surface area contributed by atoms with Gasteiger partial charge in [0.15, 0.2) is 11.9 Å². The lowest BCUT2D eigenvalue weighted by Gasteiger charge is -2.35. The second-order valence-electron chi connectivity index (χ2n) is 10.5. The molecule has 0 aromatic heterocycles. The van der Waals surface area contributed by atoms with Gasteiger partial charge in [0, 0.05) is 42.3 Å². The van der Waals surface area contributed by atoms with Crippen LogP contribution >= 0.6 is 11.6 Å². The Bertz CT molecular complexity index is 1000. The summed E-state index contributed by atoms with van der Waals surface area (Å²) in [4.78, 5) is 25.3. The number of hydrogen-bond donors (Lipinski definition) is 2. The van der Waals surface area contributed by atoms with Crippen molar-refractivity contribution >= 4 is 23.3 Å². The van der Waals surface area contributed by atoms with Crippen LogP contribution in [-0.4, -0.2) is 54.1 Å². The van der Waals surface area contributed by atoms with Crippen LogP contribution in [0.5, 0.6) is 5.75 Å². The van der Waals surface area contributed by atoms with E-state index in [4.69, 9.17) is 21.1 Å². The first-order valence-corrected chi connectivity index (χ1v) is 12.7. The number of aliphatic hydroxyl groups is 1. The predicted octanol–water partition coefficient (Wildman–Crippen LogP) is 4.10. The summed E-state index contributed by atoms with van der Waals surface area (Å²) in [5.74, 6) is 1.03. The van der Waals surface area contributed by atoms with E-state index >= 15 is 0 Å². The second kappa shape index (κ2) is 10.1. The highest BCUT2D eigenvalue weighted by Crippen LogP contribution is 2.50. The molecule has 7 nitrogen and oxygen atoms in total. The monoisotopic (exact) mass is 531 g/mol. The first-order valence-electron chi connectivity index (χ1n) is 12.4. The summed E-state index contributed by atoms with van der Waals surface area (Å²) in [5, 5.41) is 13.9. The number of Topliss-reactive ketones (excluding diaryl/α,β-unsaturated/α-hetero) is 1. The van der Waals surface area contributed by atoms with Crippen LogP contribution < -0.4 is 10.1 Å². The zero-order chi connectivity index (χ0) is 25.6. The highest BCUT2D eigenvalue weighted by molar-refractivity contribution is 6.30. The number of aliphatic hydroxyl groups excluding tert-OH is 1. The van der Waals surface area contributed by atoms with Crippen molar-refractivity contribution < 1.29 is 42.1 Å². The van der Waals surface area contributed by atoms with Gasteiger partial charge < -0.3 is 19.9 Å². The normalized spacial score (nSPS) is 35.0. The van der Waals surface area contributed by atoms with Crippen molar-refractivity contribution in [1.29, 1.82) is 0 Å². The zero-order valence-electron chi connectivity index (χ0n) is 19.5. The Balaban J connectivity index is 1.03. The molecular formula is C25H29ClF3NO6. The van der Waals surface area contributed by atoms with Gasteiger partial charge in [-0.15, -0.1) is 13.2 Å². The zero-order valence-corrected chi connectivity index (χ0v) is 20.3. The average Bonchev–Trinajstić information content (AvgIpc) is 3.34. The molecule has 3 fully saturated rings. The molecule has 36 heavy (non-hydrogen) atoms. The van der Waals surface area contributed by atoms with Crippen molar-refractivity contribution in [1.82, 2.24) is 5.32 Å². The molecule has 1 heterocycles. The maximum atomic E-state index is 13.0. The molecule has 11 heteroatoms. The van der Waals surface area contributed by atoms with Crippen LogP contribution in [-0.2, 0) is 19.1 Å². The third-order valence-electron chi connectivity index (χ3n) is 8.01. The number of ketones is 1. The molecule has 2 bridgehead atoms. The number of carbonyl (C=O) groups is 2. The van der Waals surface area contributed by atoms with E-state index in [2.05, 4.69) is 10.1 Å². The van der Waals surface area contributed by atoms with Crippen LogP contribution in [0.15, 0.2) is 18.2 Å². The van der Waals surface area contributed by atoms with Crippen molar-refractivity contribution in [3.05, 3.63) is 28.8 Å². The van der Waals surface area contributed by atoms with Crippen molar-refractivity contribution in [2.45, 2.75) is 81.8 Å². The number of fused-ring (bicyclic) bond motifs is 3. The minimum absolute atomic E-state index is 0.0181. The van der Waals surface area contributed by atoms with Crippen molar-refractivity contribution in [2.75, 3.05) is 6.61 Å². The molecule has 4 aliphatic rings. The minimum atomic E-state index is -4.65. The Morgan fingerprint density at radius 1 is 1.08 bits per heavy atom. The van der Waals surface area contributed by atoms with Gasteiger partial charge >= 0.3 is 6.36 Å². The van der Waals surface area contributed by atoms with E-state index in [1.54, 1.807) is 18.2 Å². The molecule has 1 aromatic rings. The number of hydrogen-bond acceptors (Lipinski definition) is 6. The van der Waals surface area contributed by atoms with Crippen LogP contribution in [0.1, 0.15) is 56.6 Å². The summed E-state index contributed by atoms with van der Waals surface area (Å²) in [6.45, 7) is -0.187. The van der Waals surface area contributed by atoms with Crippen molar-refractivity contribution in [3.8, 4) is 5.75 Å². The summed E-state index contributed by atoms with van der Waals surface area (Å²) < 4.78 is 51.7. The predicted molar refractivity (Wildman–Crippen MR) is 121 cm³/mol. The van der Waals surface area contributed by atoms with E-state index in [0.29, 0.717) is 28.7 Å². The van der Waals surface area contributed by atoms with Crippen molar-refractivity contribution in [2.24, 2.45) is 17.8 Å². The molecule has 1 aromatic carbocycles. The highest BCUT2D eigenvalue weighted by atomic mass is 35.5. The smallest absolute Gasteiger partial charge is 0.482 e. The third kappa shape index (κ3) is 5.82. The third-order valence-corrected chi connectivity index (χ3v) is 8.25. The van der Waals surface area contributed by atoms with E-state index in [9.17, 15) is 27.9 Å². The SMILES string of the molecule is O=C(COC1CC(OC(F)(F)F)C1)N[C@H]1C[C@H]2C[C@@H]1C[C@@H]2CC(=O)[C@H]1C[C@@H](O)c2cc(Cl)ccc2O1. The molecule has 3 saturated carbocycles. The van der Waals surface area contributed by atoms with Gasteiger partial charge in [-0.25, -0.2) is 0 Å². The van der Waals surface area contributed by atoms with Crippen LogP contribution in [0, 0.1) is 17.8 Å². The molecule has 0 saturated heterocycles. The maximum absolute atomic E-state index is 13.0. The van der Waals surface area contributed by atoms with Gasteiger partial charge in [0.25, 0.3) is 0 Å². The summed E-state index contributed by atoms with van der Waals surface area (Å²) in [5.41, 5.74) is 0.598. The van der Waals surface area contributed by atoms with Gasteiger partial charge in [0.2, 0.25) is 5.91 Å². The second-order valence-corrected chi connectivity index (χ2v) is 10.9. The number of nitrogens with one attached hydrogen (secondary N) is 1. The molecule has 0 spiro atoms. The highest BCUT2D eigenvalue weighted by Gasteiger charge is 2.47. The van der Waals surface area contributed by atoms with E-state index in [1.165, 1.54) is 0 Å². The van der Waals surface area contributed by atoms with Crippen LogP contribution in [0.2, 0.25) is 5.02 Å². The fraction of sp³-hybridized carbons (Fsp3) is 0.680. The summed E-state index contributed by atoms with van der Waals surface area (Å²) in [7, 11) is 0. The van der Waals surface area contributed by atoms with E-state index in [-0.39, 0.29) is 55.4 Å². The molecule has 3 aliphatic carbocycles. The van der Waals surface area contributed by atoms with Gasteiger partial charge in [0.1, 0.15) is 12.4 Å². The number of halogens is 4. The number of alkyl halides is 3. The topological polar surface area (TPSA) is 94.1 Å². The number of carbonyl (C=O) groups excluding carboxylic acids is 2. The Hall–Kier alpha value is -1.88. The minimum Gasteiger partial charge on any atom is -0.482 e. The van der Waals surface area contributed by atoms with Gasteiger partial charge in [-0.05, 0) is 55.2 Å². The largest absolute Gasteiger partial charge is 0.522 e. The van der Waals surface area contributed by atoms with E-state index < -0.39 is 30.8 Å². The summed E-state index contributed by atoms with van der Waals surface area (Å²) in [6.07, 6.45) is -4.04. The average molecular weight is 532 g/mol. The van der Waals surface area contributed by atoms with E-state index in [1.807, 2.05) is 0 Å². The van der Waals surface area contributed by atoms with Gasteiger partial charge in [-0.3, -0.25) is 14.3 Å². The molecule has 2 N–H and O–H groups in total. The number of rotatable bonds is 8. The fourth-order valence-electron chi connectivity index (χ4n) is 6.21. The number of ether oxygens (including phenoxy) is 3. The van der Waals surface area contributed by atoms with E-state index in [0.717, 1.165) is 19.3 Å².